The minimum atomic E-state index is 0.0526. The minimum absolute atomic E-state index is 0.0526. The van der Waals surface area contributed by atoms with Crippen molar-refractivity contribution in [2.24, 2.45) is 0 Å². The van der Waals surface area contributed by atoms with Crippen molar-refractivity contribution < 1.29 is 4.18 Å². The van der Waals surface area contributed by atoms with Gasteiger partial charge in [0.2, 0.25) is 5.90 Å². The molecular weight excluding hydrogens is 172 g/mol. The molecule has 4 heteroatoms. The van der Waals surface area contributed by atoms with Gasteiger partial charge in [-0.3, -0.25) is 10.4 Å². The van der Waals surface area contributed by atoms with Crippen molar-refractivity contribution in [2.45, 2.75) is 4.90 Å². The first kappa shape index (κ1) is 8.80. The van der Waals surface area contributed by atoms with Crippen molar-refractivity contribution in [3.63, 3.8) is 0 Å². The number of nitrogens with one attached hydrogen (secondary N) is 1. The van der Waals surface area contributed by atoms with Gasteiger partial charge in [0.15, 0.2) is 0 Å². The van der Waals surface area contributed by atoms with Crippen LogP contribution in [0.5, 0.6) is 0 Å². The SMILES string of the molecule is C=CC(=N)OSc1ccncc1. The van der Waals surface area contributed by atoms with E-state index < -0.39 is 0 Å². The first-order valence-electron chi connectivity index (χ1n) is 3.28. The summed E-state index contributed by atoms with van der Waals surface area (Å²) in [4.78, 5) is 4.76. The number of aromatic nitrogens is 1. The number of hydrogen-bond acceptors (Lipinski definition) is 4. The molecule has 0 spiro atoms. The molecule has 62 valence electrons. The van der Waals surface area contributed by atoms with Gasteiger partial charge in [-0.05, 0) is 18.2 Å². The topological polar surface area (TPSA) is 46.0 Å². The lowest BCUT2D eigenvalue weighted by Gasteiger charge is -1.99. The lowest BCUT2D eigenvalue weighted by molar-refractivity contribution is 0.644. The predicted molar refractivity (Wildman–Crippen MR) is 49.1 cm³/mol. The van der Waals surface area contributed by atoms with Crippen LogP contribution in [0.4, 0.5) is 0 Å². The maximum absolute atomic E-state index is 7.11. The molecule has 0 saturated heterocycles. The minimum Gasteiger partial charge on any atom is -0.401 e. The molecule has 3 nitrogen and oxygen atoms in total. The average Bonchev–Trinajstić information content (AvgIpc) is 2.16. The highest BCUT2D eigenvalue weighted by Crippen LogP contribution is 2.17. The van der Waals surface area contributed by atoms with Gasteiger partial charge in [-0.2, -0.15) is 0 Å². The zero-order chi connectivity index (χ0) is 8.81. The fourth-order valence-electron chi connectivity index (χ4n) is 0.521. The Labute approximate surface area is 75.2 Å². The van der Waals surface area contributed by atoms with E-state index in [1.807, 2.05) is 0 Å². The summed E-state index contributed by atoms with van der Waals surface area (Å²) in [6.07, 6.45) is 4.68. The number of pyridine rings is 1. The van der Waals surface area contributed by atoms with Crippen LogP contribution in [-0.4, -0.2) is 10.9 Å². The third kappa shape index (κ3) is 2.75. The second kappa shape index (κ2) is 4.56. The van der Waals surface area contributed by atoms with E-state index in [9.17, 15) is 0 Å². The molecule has 12 heavy (non-hydrogen) atoms. The Morgan fingerprint density at radius 3 is 2.83 bits per heavy atom. The monoisotopic (exact) mass is 180 g/mol. The lowest BCUT2D eigenvalue weighted by Crippen LogP contribution is -1.89. The van der Waals surface area contributed by atoms with E-state index in [0.717, 1.165) is 16.9 Å². The number of nitrogens with zero attached hydrogens (tertiary/aromatic N) is 1. The van der Waals surface area contributed by atoms with Gasteiger partial charge in [0.25, 0.3) is 0 Å². The molecule has 1 heterocycles. The highest BCUT2D eigenvalue weighted by atomic mass is 32.2. The first-order chi connectivity index (χ1) is 5.83. The van der Waals surface area contributed by atoms with Gasteiger partial charge in [0.05, 0.1) is 16.9 Å². The zero-order valence-electron chi connectivity index (χ0n) is 6.36. The van der Waals surface area contributed by atoms with Crippen LogP contribution in [0.3, 0.4) is 0 Å². The predicted octanol–water partition coefficient (Wildman–Crippen LogP) is 2.27. The van der Waals surface area contributed by atoms with Crippen LogP contribution in [0, 0.1) is 5.41 Å². The molecule has 0 radical (unpaired) electrons. The van der Waals surface area contributed by atoms with Gasteiger partial charge in [0, 0.05) is 12.4 Å². The molecule has 0 unspecified atom stereocenters. The summed E-state index contributed by atoms with van der Waals surface area (Å²) in [7, 11) is 0. The van der Waals surface area contributed by atoms with E-state index in [2.05, 4.69) is 11.6 Å². The maximum Gasteiger partial charge on any atom is 0.220 e. The van der Waals surface area contributed by atoms with Crippen LogP contribution in [0.2, 0.25) is 0 Å². The van der Waals surface area contributed by atoms with E-state index in [4.69, 9.17) is 9.59 Å². The molecule has 0 saturated carbocycles. The van der Waals surface area contributed by atoms with Crippen molar-refractivity contribution in [2.75, 3.05) is 0 Å². The second-order valence-corrected chi connectivity index (χ2v) is 2.72. The molecule has 0 aliphatic rings. The fraction of sp³-hybridized carbons (Fsp3) is 0. The summed E-state index contributed by atoms with van der Waals surface area (Å²) >= 11 is 1.12. The fourth-order valence-corrected chi connectivity index (χ4v) is 1.01. The average molecular weight is 180 g/mol. The second-order valence-electron chi connectivity index (χ2n) is 1.92. The Kier molecular flexibility index (Phi) is 3.35. The van der Waals surface area contributed by atoms with Gasteiger partial charge in [0.1, 0.15) is 0 Å². The van der Waals surface area contributed by atoms with Crippen LogP contribution in [-0.2, 0) is 4.18 Å². The maximum atomic E-state index is 7.11. The van der Waals surface area contributed by atoms with E-state index in [1.54, 1.807) is 24.5 Å². The number of rotatable bonds is 3. The van der Waals surface area contributed by atoms with Crippen LogP contribution in [0.15, 0.2) is 42.1 Å². The molecule has 0 bridgehead atoms. The van der Waals surface area contributed by atoms with E-state index in [0.29, 0.717) is 0 Å². The highest BCUT2D eigenvalue weighted by molar-refractivity contribution is 7.95. The first-order valence-corrected chi connectivity index (χ1v) is 4.02. The molecule has 1 aromatic rings. The van der Waals surface area contributed by atoms with E-state index >= 15 is 0 Å². The zero-order valence-corrected chi connectivity index (χ0v) is 7.17. The smallest absolute Gasteiger partial charge is 0.220 e. The summed E-state index contributed by atoms with van der Waals surface area (Å²) in [6, 6.07) is 3.61. The molecular formula is C8H8N2OS. The van der Waals surface area contributed by atoms with Crippen molar-refractivity contribution in [3.8, 4) is 0 Å². The summed E-state index contributed by atoms with van der Waals surface area (Å²) < 4.78 is 4.93. The van der Waals surface area contributed by atoms with Crippen LogP contribution < -0.4 is 0 Å². The largest absolute Gasteiger partial charge is 0.401 e. The Morgan fingerprint density at radius 1 is 1.58 bits per heavy atom. The van der Waals surface area contributed by atoms with Crippen LogP contribution in [0.1, 0.15) is 0 Å². The Balaban J connectivity index is 2.43. The van der Waals surface area contributed by atoms with Gasteiger partial charge in [-0.15, -0.1) is 0 Å². The summed E-state index contributed by atoms with van der Waals surface area (Å²) in [5, 5.41) is 7.11. The van der Waals surface area contributed by atoms with Crippen LogP contribution in [0.25, 0.3) is 0 Å². The van der Waals surface area contributed by atoms with Gasteiger partial charge >= 0.3 is 0 Å². The highest BCUT2D eigenvalue weighted by Gasteiger charge is 1.94. The summed E-state index contributed by atoms with van der Waals surface area (Å²) in [5.74, 6) is 0.0526. The van der Waals surface area contributed by atoms with Crippen molar-refractivity contribution in [1.82, 2.24) is 4.98 Å². The van der Waals surface area contributed by atoms with Crippen molar-refractivity contribution >= 4 is 17.9 Å². The third-order valence-corrected chi connectivity index (χ3v) is 1.79. The van der Waals surface area contributed by atoms with E-state index in [1.165, 1.54) is 6.08 Å². The van der Waals surface area contributed by atoms with Crippen molar-refractivity contribution in [3.05, 3.63) is 37.2 Å². The lowest BCUT2D eigenvalue weighted by atomic mass is 10.5. The van der Waals surface area contributed by atoms with E-state index in [-0.39, 0.29) is 5.90 Å². The molecule has 0 fully saturated rings. The van der Waals surface area contributed by atoms with Gasteiger partial charge in [-0.25, -0.2) is 0 Å². The molecule has 1 N–H and O–H groups in total. The van der Waals surface area contributed by atoms with Crippen LogP contribution >= 0.6 is 12.0 Å². The molecule has 0 aliphatic carbocycles. The normalized spacial score (nSPS) is 9.00. The van der Waals surface area contributed by atoms with Gasteiger partial charge in [-0.1, -0.05) is 6.58 Å². The van der Waals surface area contributed by atoms with Crippen molar-refractivity contribution in [1.29, 1.82) is 5.41 Å². The third-order valence-electron chi connectivity index (χ3n) is 1.06. The van der Waals surface area contributed by atoms with Gasteiger partial charge < -0.3 is 4.18 Å². The molecule has 1 aromatic heterocycles. The Morgan fingerprint density at radius 2 is 2.25 bits per heavy atom. The number of hydrogen-bond donors (Lipinski definition) is 1. The Hall–Kier alpha value is -1.29. The Bertz CT molecular complexity index is 274. The quantitative estimate of drug-likeness (QED) is 0.441. The summed E-state index contributed by atoms with van der Waals surface area (Å²) in [6.45, 7) is 3.40. The molecule has 1 rings (SSSR count). The standard InChI is InChI=1S/C8H8N2OS/c1-2-8(9)11-12-7-3-5-10-6-4-7/h2-6,9H,1H2. The molecule has 0 aliphatic heterocycles. The molecule has 0 aromatic carbocycles. The molecule has 0 atom stereocenters. The molecule has 0 amide bonds. The summed E-state index contributed by atoms with van der Waals surface area (Å²) in [5.41, 5.74) is 0.